The van der Waals surface area contributed by atoms with Crippen LogP contribution in [-0.4, -0.2) is 49.4 Å². The van der Waals surface area contributed by atoms with Gasteiger partial charge in [-0.1, -0.05) is 30.3 Å². The van der Waals surface area contributed by atoms with E-state index >= 15 is 0 Å². The molecule has 0 fully saturated rings. The molecule has 182 valence electrons. The smallest absolute Gasteiger partial charge is 0.251 e. The first kappa shape index (κ1) is 27.9. The fourth-order valence-corrected chi connectivity index (χ4v) is 4.95. The van der Waals surface area contributed by atoms with Gasteiger partial charge >= 0.3 is 0 Å². The topological polar surface area (TPSA) is 105 Å². The molecular formula is C23H27N3O4S4. The van der Waals surface area contributed by atoms with Crippen LogP contribution in [0.15, 0.2) is 60.0 Å². The van der Waals surface area contributed by atoms with Crippen molar-refractivity contribution in [3.63, 3.8) is 0 Å². The zero-order valence-electron chi connectivity index (χ0n) is 18.8. The Kier molecular flexibility index (Phi) is 10.6. The Morgan fingerprint density at radius 3 is 2.38 bits per heavy atom. The second-order valence-electron chi connectivity index (χ2n) is 7.39. The molecule has 1 atom stereocenters. The first-order chi connectivity index (χ1) is 15.7. The van der Waals surface area contributed by atoms with Crippen LogP contribution in [0.3, 0.4) is 0 Å². The summed E-state index contributed by atoms with van der Waals surface area (Å²) in [6.07, 6.45) is 3.66. The highest BCUT2D eigenvalue weighted by Crippen LogP contribution is 2.22. The van der Waals surface area contributed by atoms with Gasteiger partial charge < -0.3 is 5.32 Å². The Hall–Kier alpha value is -2.34. The lowest BCUT2D eigenvalue weighted by molar-refractivity contribution is -0.120. The van der Waals surface area contributed by atoms with Gasteiger partial charge in [0.2, 0.25) is 10.0 Å². The number of aromatic nitrogens is 1. The van der Waals surface area contributed by atoms with Crippen LogP contribution >= 0.6 is 36.6 Å². The predicted octanol–water partition coefficient (Wildman–Crippen LogP) is 3.96. The Morgan fingerprint density at radius 2 is 1.76 bits per heavy atom. The molecule has 3 aromatic rings. The van der Waals surface area contributed by atoms with E-state index in [0.717, 1.165) is 23.3 Å². The molecule has 34 heavy (non-hydrogen) atoms. The highest BCUT2D eigenvalue weighted by atomic mass is 32.2. The summed E-state index contributed by atoms with van der Waals surface area (Å²) in [6, 6.07) is 15.2. The van der Waals surface area contributed by atoms with E-state index in [9.17, 15) is 18.0 Å². The summed E-state index contributed by atoms with van der Waals surface area (Å²) < 4.78 is 25.0. The minimum Gasteiger partial charge on any atom is -0.342 e. The average Bonchev–Trinajstić information content (AvgIpc) is 3.25. The van der Waals surface area contributed by atoms with Crippen LogP contribution in [0.1, 0.15) is 21.8 Å². The van der Waals surface area contributed by atoms with Crippen LogP contribution in [-0.2, 0) is 21.2 Å². The maximum atomic E-state index is 13.0. The van der Waals surface area contributed by atoms with E-state index < -0.39 is 16.1 Å². The number of hydrogen-bond donors (Lipinski definition) is 2. The number of thiazole rings is 1. The number of anilines is 1. The summed E-state index contributed by atoms with van der Waals surface area (Å²) in [5.41, 5.74) is 2.53. The van der Waals surface area contributed by atoms with Crippen molar-refractivity contribution in [2.45, 2.75) is 18.9 Å². The molecule has 2 aromatic carbocycles. The van der Waals surface area contributed by atoms with Gasteiger partial charge in [-0.2, -0.15) is 25.3 Å². The van der Waals surface area contributed by atoms with Gasteiger partial charge in [0.15, 0.2) is 5.78 Å². The fourth-order valence-electron chi connectivity index (χ4n) is 3.10. The fraction of sp³-hybridized carbons (Fsp3) is 0.261. The summed E-state index contributed by atoms with van der Waals surface area (Å²) in [6.45, 7) is 0. The molecule has 3 rings (SSSR count). The highest BCUT2D eigenvalue weighted by Gasteiger charge is 2.22. The number of nitrogens with one attached hydrogen (secondary N) is 2. The van der Waals surface area contributed by atoms with Crippen LogP contribution in [0.4, 0.5) is 5.69 Å². The zero-order chi connectivity index (χ0) is 23.8. The molecule has 0 aliphatic carbocycles. The number of nitrogens with zero attached hydrogens (tertiary/aromatic N) is 1. The predicted molar refractivity (Wildman–Crippen MR) is 146 cm³/mol. The highest BCUT2D eigenvalue weighted by molar-refractivity contribution is 7.98. The van der Waals surface area contributed by atoms with Gasteiger partial charge in [-0.15, -0.1) is 11.3 Å². The van der Waals surface area contributed by atoms with Crippen molar-refractivity contribution in [1.29, 1.82) is 0 Å². The third-order valence-corrected chi connectivity index (χ3v) is 6.80. The first-order valence-corrected chi connectivity index (χ1v) is 14.3. The second-order valence-corrected chi connectivity index (χ2v) is 11.1. The maximum absolute atomic E-state index is 13.0. The van der Waals surface area contributed by atoms with Gasteiger partial charge in [0, 0.05) is 22.2 Å². The Balaban J connectivity index is 0.00000408. The number of carbonyl (C=O) groups is 2. The van der Waals surface area contributed by atoms with E-state index in [1.54, 1.807) is 11.8 Å². The molecule has 1 amide bonds. The number of ketones is 1. The SMILES string of the molecule is CSCC[C@H](NC(=O)c1ccc(NS(C)(=O)=O)cc1)C(=O)Cc1nc(-c2ccccc2)cs1.S. The van der Waals surface area contributed by atoms with E-state index in [0.29, 0.717) is 22.7 Å². The molecule has 1 aromatic heterocycles. The standard InChI is InChI=1S/C23H25N3O4S3.H2S/c1-31-13-12-19(25-23(28)17-8-10-18(11-9-17)26-33(2,29)30)21(27)14-22-24-20(15-32-22)16-6-4-3-5-7-16;/h3-11,15,19,26H,12-14H2,1-2H3,(H,25,28);1H2/t19-;/m0./s1. The average molecular weight is 538 g/mol. The number of amides is 1. The van der Waals surface area contributed by atoms with Gasteiger partial charge in [-0.3, -0.25) is 14.3 Å². The van der Waals surface area contributed by atoms with Gasteiger partial charge in [0.05, 0.1) is 24.4 Å². The Labute approximate surface area is 215 Å². The molecule has 1 heterocycles. The molecular weight excluding hydrogens is 511 g/mol. The normalized spacial score (nSPS) is 11.8. The summed E-state index contributed by atoms with van der Waals surface area (Å²) in [5, 5.41) is 5.47. The summed E-state index contributed by atoms with van der Waals surface area (Å²) in [7, 11) is -3.40. The van der Waals surface area contributed by atoms with E-state index in [4.69, 9.17) is 0 Å². The van der Waals surface area contributed by atoms with Crippen molar-refractivity contribution in [2.75, 3.05) is 23.0 Å². The van der Waals surface area contributed by atoms with Crippen molar-refractivity contribution >= 4 is 64.0 Å². The number of benzene rings is 2. The van der Waals surface area contributed by atoms with Crippen molar-refractivity contribution in [3.8, 4) is 11.3 Å². The third-order valence-electron chi connectivity index (χ3n) is 4.70. The number of thioether (sulfide) groups is 1. The summed E-state index contributed by atoms with van der Waals surface area (Å²) in [4.78, 5) is 30.3. The number of rotatable bonds is 11. The number of sulfonamides is 1. The van der Waals surface area contributed by atoms with Crippen LogP contribution in [0.2, 0.25) is 0 Å². The molecule has 0 aliphatic rings. The number of hydrogen-bond acceptors (Lipinski definition) is 7. The number of Topliss-reactive ketones (excluding diaryl/α,β-unsaturated/α-hetero) is 1. The molecule has 0 radical (unpaired) electrons. The monoisotopic (exact) mass is 537 g/mol. The lowest BCUT2D eigenvalue weighted by Crippen LogP contribution is -2.42. The number of carbonyl (C=O) groups excluding carboxylic acids is 2. The molecule has 7 nitrogen and oxygen atoms in total. The van der Waals surface area contributed by atoms with E-state index in [2.05, 4.69) is 15.0 Å². The molecule has 0 saturated carbocycles. The van der Waals surface area contributed by atoms with Crippen LogP contribution in [0.25, 0.3) is 11.3 Å². The summed E-state index contributed by atoms with van der Waals surface area (Å²) >= 11 is 3.03. The molecule has 11 heteroatoms. The van der Waals surface area contributed by atoms with Crippen molar-refractivity contribution in [1.82, 2.24) is 10.3 Å². The Morgan fingerprint density at radius 1 is 1.09 bits per heavy atom. The van der Waals surface area contributed by atoms with Crippen LogP contribution in [0.5, 0.6) is 0 Å². The van der Waals surface area contributed by atoms with E-state index in [1.807, 2.05) is 42.0 Å². The third kappa shape index (κ3) is 8.46. The molecule has 0 unspecified atom stereocenters. The van der Waals surface area contributed by atoms with Gasteiger partial charge in [-0.25, -0.2) is 13.4 Å². The van der Waals surface area contributed by atoms with Crippen molar-refractivity contribution in [2.24, 2.45) is 0 Å². The van der Waals surface area contributed by atoms with E-state index in [-0.39, 0.29) is 31.6 Å². The van der Waals surface area contributed by atoms with Gasteiger partial charge in [0.25, 0.3) is 5.91 Å². The summed E-state index contributed by atoms with van der Waals surface area (Å²) in [5.74, 6) is 0.243. The minimum absolute atomic E-state index is 0. The molecule has 0 saturated heterocycles. The molecule has 0 aliphatic heterocycles. The van der Waals surface area contributed by atoms with Crippen molar-refractivity contribution < 1.29 is 18.0 Å². The van der Waals surface area contributed by atoms with Gasteiger partial charge in [0.1, 0.15) is 5.01 Å². The first-order valence-electron chi connectivity index (χ1n) is 10.2. The quantitative estimate of drug-likeness (QED) is 0.384. The van der Waals surface area contributed by atoms with E-state index in [1.165, 1.54) is 35.6 Å². The van der Waals surface area contributed by atoms with Crippen molar-refractivity contribution in [3.05, 3.63) is 70.5 Å². The van der Waals surface area contributed by atoms with Crippen LogP contribution < -0.4 is 10.0 Å². The second kappa shape index (κ2) is 12.9. The molecule has 0 spiro atoms. The maximum Gasteiger partial charge on any atom is 0.251 e. The Bertz CT molecular complexity index is 1200. The molecule has 2 N–H and O–H groups in total. The zero-order valence-corrected chi connectivity index (χ0v) is 22.2. The minimum atomic E-state index is -3.40. The molecule has 0 bridgehead atoms. The van der Waals surface area contributed by atoms with Gasteiger partial charge in [-0.05, 0) is 42.7 Å². The lowest BCUT2D eigenvalue weighted by Gasteiger charge is -2.17. The largest absolute Gasteiger partial charge is 0.342 e. The van der Waals surface area contributed by atoms with Crippen LogP contribution in [0, 0.1) is 0 Å². The lowest BCUT2D eigenvalue weighted by atomic mass is 10.1.